The smallest absolute Gasteiger partial charge is 0.323 e. The van der Waals surface area contributed by atoms with E-state index in [2.05, 4.69) is 10.6 Å². The van der Waals surface area contributed by atoms with Gasteiger partial charge in [-0.2, -0.15) is 0 Å². The van der Waals surface area contributed by atoms with Gasteiger partial charge >= 0.3 is 5.97 Å². The zero-order valence-electron chi connectivity index (χ0n) is 15.6. The minimum Gasteiger partial charge on any atom is -0.460 e. The van der Waals surface area contributed by atoms with Gasteiger partial charge in [-0.3, -0.25) is 19.7 Å². The summed E-state index contributed by atoms with van der Waals surface area (Å²) in [5.74, 6) is -0.502. The molecule has 0 saturated carbocycles. The molecular formula is C20H22ClN3O5. The highest BCUT2D eigenvalue weighted by atomic mass is 35.5. The van der Waals surface area contributed by atoms with Crippen LogP contribution >= 0.6 is 12.4 Å². The molecule has 154 valence electrons. The lowest BCUT2D eigenvalue weighted by atomic mass is 10.0. The van der Waals surface area contributed by atoms with Gasteiger partial charge in [0.05, 0.1) is 4.92 Å². The maximum Gasteiger partial charge on any atom is 0.323 e. The van der Waals surface area contributed by atoms with Crippen molar-refractivity contribution in [3.63, 3.8) is 0 Å². The van der Waals surface area contributed by atoms with Crippen LogP contribution in [-0.4, -0.2) is 35.4 Å². The third kappa shape index (κ3) is 6.27. The van der Waals surface area contributed by atoms with Crippen LogP contribution in [0.4, 0.5) is 5.69 Å². The lowest BCUT2D eigenvalue weighted by Crippen LogP contribution is -2.52. The van der Waals surface area contributed by atoms with E-state index in [1.165, 1.54) is 12.1 Å². The van der Waals surface area contributed by atoms with Crippen molar-refractivity contribution < 1.29 is 19.2 Å². The number of nitro groups is 1. The number of nitrogens with one attached hydrogen (secondary N) is 2. The number of nitro benzene ring substituents is 1. The summed E-state index contributed by atoms with van der Waals surface area (Å²) in [6.45, 7) is 0.541. The number of non-ortho nitro benzene ring substituents is 1. The average molecular weight is 420 g/mol. The van der Waals surface area contributed by atoms with Crippen LogP contribution in [0.1, 0.15) is 28.8 Å². The number of ether oxygens (including phenoxy) is 1. The van der Waals surface area contributed by atoms with Gasteiger partial charge in [-0.05, 0) is 42.7 Å². The molecule has 3 rings (SSSR count). The third-order valence-electron chi connectivity index (χ3n) is 4.60. The number of carbonyl (C=O) groups excluding carboxylic acids is 2. The summed E-state index contributed by atoms with van der Waals surface area (Å²) in [5.41, 5.74) is 1.28. The van der Waals surface area contributed by atoms with E-state index >= 15 is 0 Å². The maximum absolute atomic E-state index is 12.2. The Kier molecular flexibility index (Phi) is 8.11. The molecule has 2 N–H and O–H groups in total. The number of hydrogen-bond donors (Lipinski definition) is 2. The lowest BCUT2D eigenvalue weighted by molar-refractivity contribution is -0.384. The fourth-order valence-corrected chi connectivity index (χ4v) is 3.01. The zero-order chi connectivity index (χ0) is 19.9. The predicted octanol–water partition coefficient (Wildman–Crippen LogP) is 2.61. The van der Waals surface area contributed by atoms with Gasteiger partial charge in [0.2, 0.25) is 0 Å². The van der Waals surface area contributed by atoms with E-state index < -0.39 is 11.0 Å². The monoisotopic (exact) mass is 419 g/mol. The molecule has 1 fully saturated rings. The molecule has 0 radical (unpaired) electrons. The van der Waals surface area contributed by atoms with Crippen molar-refractivity contribution >= 4 is 30.0 Å². The van der Waals surface area contributed by atoms with E-state index in [9.17, 15) is 19.7 Å². The van der Waals surface area contributed by atoms with Crippen molar-refractivity contribution in [3.8, 4) is 0 Å². The number of benzene rings is 2. The highest BCUT2D eigenvalue weighted by molar-refractivity contribution is 5.94. The van der Waals surface area contributed by atoms with E-state index in [-0.39, 0.29) is 42.6 Å². The number of rotatable bonds is 6. The Balaban J connectivity index is 0.00000300. The molecule has 29 heavy (non-hydrogen) atoms. The van der Waals surface area contributed by atoms with Crippen molar-refractivity contribution in [1.82, 2.24) is 10.6 Å². The summed E-state index contributed by atoms with van der Waals surface area (Å²) < 4.78 is 5.29. The zero-order valence-corrected chi connectivity index (χ0v) is 16.4. The Morgan fingerprint density at radius 1 is 1.10 bits per heavy atom. The van der Waals surface area contributed by atoms with Crippen LogP contribution < -0.4 is 10.6 Å². The van der Waals surface area contributed by atoms with E-state index in [0.29, 0.717) is 30.5 Å². The van der Waals surface area contributed by atoms with Gasteiger partial charge in [0.1, 0.15) is 12.6 Å². The molecular weight excluding hydrogens is 398 g/mol. The van der Waals surface area contributed by atoms with Crippen LogP contribution in [0.2, 0.25) is 0 Å². The quantitative estimate of drug-likeness (QED) is 0.423. The van der Waals surface area contributed by atoms with Crippen molar-refractivity contribution in [2.75, 3.05) is 6.54 Å². The lowest BCUT2D eigenvalue weighted by Gasteiger charge is -2.29. The Hall–Kier alpha value is -2.97. The van der Waals surface area contributed by atoms with Gasteiger partial charge in [-0.25, -0.2) is 0 Å². The number of halogens is 1. The highest BCUT2D eigenvalue weighted by Crippen LogP contribution is 2.14. The molecule has 1 aliphatic heterocycles. The summed E-state index contributed by atoms with van der Waals surface area (Å²) in [7, 11) is 0. The molecule has 0 spiro atoms. The summed E-state index contributed by atoms with van der Waals surface area (Å²) in [6.07, 6.45) is 1.22. The molecule has 2 aromatic carbocycles. The van der Waals surface area contributed by atoms with Crippen molar-refractivity contribution in [3.05, 3.63) is 75.8 Å². The Labute approximate surface area is 174 Å². The molecule has 1 saturated heterocycles. The number of piperidine rings is 1. The molecule has 2 aromatic rings. The first-order valence-corrected chi connectivity index (χ1v) is 9.02. The fourth-order valence-electron chi connectivity index (χ4n) is 3.01. The first-order chi connectivity index (χ1) is 13.5. The molecule has 1 aliphatic rings. The first-order valence-electron chi connectivity index (χ1n) is 9.02. The summed E-state index contributed by atoms with van der Waals surface area (Å²) in [4.78, 5) is 34.6. The van der Waals surface area contributed by atoms with Gasteiger partial charge in [-0.1, -0.05) is 18.2 Å². The number of esters is 1. The van der Waals surface area contributed by atoms with Crippen LogP contribution in [0.3, 0.4) is 0 Å². The van der Waals surface area contributed by atoms with Crippen LogP contribution in [0, 0.1) is 10.1 Å². The second kappa shape index (κ2) is 10.5. The first kappa shape index (κ1) is 22.3. The number of hydrogen-bond acceptors (Lipinski definition) is 6. The van der Waals surface area contributed by atoms with Crippen molar-refractivity contribution in [1.29, 1.82) is 0 Å². The van der Waals surface area contributed by atoms with Crippen LogP contribution in [0.15, 0.2) is 54.6 Å². The second-order valence-electron chi connectivity index (χ2n) is 6.61. The Morgan fingerprint density at radius 3 is 2.38 bits per heavy atom. The molecule has 2 atom stereocenters. The van der Waals surface area contributed by atoms with E-state index in [1.54, 1.807) is 24.3 Å². The van der Waals surface area contributed by atoms with Gasteiger partial charge in [-0.15, -0.1) is 12.4 Å². The Bertz CT molecular complexity index is 837. The van der Waals surface area contributed by atoms with E-state index in [1.807, 2.05) is 18.2 Å². The molecule has 1 heterocycles. The fraction of sp³-hybridized carbons (Fsp3) is 0.300. The molecule has 2 unspecified atom stereocenters. The predicted molar refractivity (Wildman–Crippen MR) is 109 cm³/mol. The van der Waals surface area contributed by atoms with E-state index in [0.717, 1.165) is 0 Å². The second-order valence-corrected chi connectivity index (χ2v) is 6.61. The van der Waals surface area contributed by atoms with Crippen molar-refractivity contribution in [2.24, 2.45) is 0 Å². The third-order valence-corrected chi connectivity index (χ3v) is 4.60. The molecule has 8 nitrogen and oxygen atoms in total. The maximum atomic E-state index is 12.2. The normalized spacial score (nSPS) is 18.2. The minimum atomic E-state index is -0.477. The van der Waals surface area contributed by atoms with E-state index in [4.69, 9.17) is 4.74 Å². The topological polar surface area (TPSA) is 111 Å². The van der Waals surface area contributed by atoms with Gasteiger partial charge in [0, 0.05) is 30.3 Å². The molecule has 0 aromatic heterocycles. The summed E-state index contributed by atoms with van der Waals surface area (Å²) >= 11 is 0. The van der Waals surface area contributed by atoms with Gasteiger partial charge < -0.3 is 15.4 Å². The molecule has 0 aliphatic carbocycles. The number of carbonyl (C=O) groups is 2. The average Bonchev–Trinajstić information content (AvgIpc) is 2.73. The summed E-state index contributed by atoms with van der Waals surface area (Å²) in [5, 5.41) is 16.7. The van der Waals surface area contributed by atoms with Gasteiger partial charge in [0.15, 0.2) is 0 Å². The van der Waals surface area contributed by atoms with Crippen LogP contribution in [-0.2, 0) is 16.1 Å². The van der Waals surface area contributed by atoms with Crippen molar-refractivity contribution in [2.45, 2.75) is 31.5 Å². The number of nitrogens with zero attached hydrogens (tertiary/aromatic N) is 1. The Morgan fingerprint density at radius 2 is 1.79 bits per heavy atom. The minimum absolute atomic E-state index is 0. The summed E-state index contributed by atoms with van der Waals surface area (Å²) in [6, 6.07) is 14.4. The molecule has 9 heteroatoms. The SMILES string of the molecule is Cl.O=C(NC1CCC(C(=O)OCc2ccc([N+](=O)[O-])cc2)NC1)c1ccccc1. The highest BCUT2D eigenvalue weighted by Gasteiger charge is 2.27. The number of amides is 1. The molecule has 1 amide bonds. The van der Waals surface area contributed by atoms with Crippen LogP contribution in [0.5, 0.6) is 0 Å². The standard InChI is InChI=1S/C20H21N3O5.ClH/c24-19(15-4-2-1-3-5-15)22-16-8-11-18(21-12-16)20(25)28-13-14-6-9-17(10-7-14)23(26)27;/h1-7,9-10,16,18,21H,8,11-13H2,(H,22,24);1H. The van der Waals surface area contributed by atoms with Crippen LogP contribution in [0.25, 0.3) is 0 Å². The molecule has 0 bridgehead atoms. The van der Waals surface area contributed by atoms with Gasteiger partial charge in [0.25, 0.3) is 11.6 Å². The largest absolute Gasteiger partial charge is 0.460 e.